The highest BCUT2D eigenvalue weighted by Crippen LogP contribution is 2.29. The third kappa shape index (κ3) is 2.81. The van der Waals surface area contributed by atoms with Crippen LogP contribution in [0.2, 0.25) is 0 Å². The molecule has 2 N–H and O–H groups in total. The van der Waals surface area contributed by atoms with Gasteiger partial charge in [-0.2, -0.15) is 0 Å². The molecule has 24 heavy (non-hydrogen) atoms. The average molecular weight is 320 g/mol. The van der Waals surface area contributed by atoms with Gasteiger partial charge in [-0.1, -0.05) is 12.1 Å². The van der Waals surface area contributed by atoms with Crippen molar-refractivity contribution >= 4 is 23.2 Å². The zero-order valence-electron chi connectivity index (χ0n) is 12.6. The Bertz CT molecular complexity index is 907. The molecule has 2 heterocycles. The number of hydrogen-bond donors (Lipinski definition) is 2. The normalized spacial score (nSPS) is 12.6. The summed E-state index contributed by atoms with van der Waals surface area (Å²) in [5, 5.41) is 5.84. The van der Waals surface area contributed by atoms with Gasteiger partial charge < -0.3 is 10.6 Å². The van der Waals surface area contributed by atoms with E-state index in [-0.39, 0.29) is 11.7 Å². The third-order valence-corrected chi connectivity index (χ3v) is 3.82. The first-order valence-corrected chi connectivity index (χ1v) is 7.45. The number of anilines is 3. The van der Waals surface area contributed by atoms with E-state index < -0.39 is 0 Å². The molecule has 1 aromatic heterocycles. The molecular weight excluding hydrogens is 307 g/mol. The maximum atomic E-state index is 12.9. The highest BCUT2D eigenvalue weighted by molar-refractivity contribution is 5.99. The Balaban J connectivity index is 1.55. The molecule has 0 atom stereocenters. The van der Waals surface area contributed by atoms with Crippen molar-refractivity contribution in [1.29, 1.82) is 0 Å². The van der Waals surface area contributed by atoms with Crippen LogP contribution in [0.5, 0.6) is 0 Å². The van der Waals surface area contributed by atoms with Crippen molar-refractivity contribution in [3.05, 3.63) is 66.2 Å². The van der Waals surface area contributed by atoms with Crippen LogP contribution in [0, 0.1) is 5.82 Å². The highest BCUT2D eigenvalue weighted by atomic mass is 19.1. The largest absolute Gasteiger partial charge is 0.326 e. The van der Waals surface area contributed by atoms with E-state index in [4.69, 9.17) is 0 Å². The van der Waals surface area contributed by atoms with Crippen LogP contribution in [-0.2, 0) is 11.2 Å². The van der Waals surface area contributed by atoms with Crippen molar-refractivity contribution < 1.29 is 9.18 Å². The van der Waals surface area contributed by atoms with E-state index in [1.807, 2.05) is 18.2 Å². The summed E-state index contributed by atoms with van der Waals surface area (Å²) >= 11 is 0. The lowest BCUT2D eigenvalue weighted by atomic mass is 10.1. The van der Waals surface area contributed by atoms with Crippen LogP contribution in [0.1, 0.15) is 5.56 Å². The Morgan fingerprint density at radius 3 is 2.50 bits per heavy atom. The predicted octanol–water partition coefficient (Wildman–Crippen LogP) is 3.52. The maximum Gasteiger partial charge on any atom is 0.228 e. The molecule has 0 fully saturated rings. The van der Waals surface area contributed by atoms with E-state index in [0.717, 1.165) is 22.4 Å². The summed E-state index contributed by atoms with van der Waals surface area (Å²) in [4.78, 5) is 20.0. The number of halogens is 1. The minimum atomic E-state index is -0.291. The van der Waals surface area contributed by atoms with Crippen LogP contribution in [0.4, 0.5) is 21.7 Å². The summed E-state index contributed by atoms with van der Waals surface area (Å²) < 4.78 is 12.9. The number of nitrogens with one attached hydrogen (secondary N) is 2. The van der Waals surface area contributed by atoms with Gasteiger partial charge in [-0.3, -0.25) is 4.79 Å². The van der Waals surface area contributed by atoms with Gasteiger partial charge in [0, 0.05) is 29.3 Å². The third-order valence-electron chi connectivity index (χ3n) is 3.82. The van der Waals surface area contributed by atoms with Gasteiger partial charge >= 0.3 is 0 Å². The van der Waals surface area contributed by atoms with Crippen molar-refractivity contribution in [2.45, 2.75) is 6.42 Å². The fourth-order valence-corrected chi connectivity index (χ4v) is 2.60. The molecule has 4 rings (SSSR count). The second kappa shape index (κ2) is 5.73. The Morgan fingerprint density at radius 1 is 1.00 bits per heavy atom. The quantitative estimate of drug-likeness (QED) is 0.775. The van der Waals surface area contributed by atoms with Gasteiger partial charge in [0.2, 0.25) is 11.9 Å². The predicted molar refractivity (Wildman–Crippen MR) is 89.5 cm³/mol. The summed E-state index contributed by atoms with van der Waals surface area (Å²) in [5.41, 5.74) is 4.34. The molecule has 118 valence electrons. The van der Waals surface area contributed by atoms with Gasteiger partial charge in [0.15, 0.2) is 0 Å². The number of carbonyl (C=O) groups is 1. The Kier molecular flexibility index (Phi) is 3.42. The summed E-state index contributed by atoms with van der Waals surface area (Å²) in [6.07, 6.45) is 3.83. The van der Waals surface area contributed by atoms with Crippen molar-refractivity contribution in [3.63, 3.8) is 0 Å². The van der Waals surface area contributed by atoms with Crippen LogP contribution in [0.15, 0.2) is 54.9 Å². The minimum absolute atomic E-state index is 0.0113. The van der Waals surface area contributed by atoms with E-state index >= 15 is 0 Å². The zero-order chi connectivity index (χ0) is 16.5. The summed E-state index contributed by atoms with van der Waals surface area (Å²) in [5.74, 6) is 0.151. The molecule has 5 nitrogen and oxygen atoms in total. The van der Waals surface area contributed by atoms with Gasteiger partial charge in [0.25, 0.3) is 0 Å². The van der Waals surface area contributed by atoms with E-state index in [2.05, 4.69) is 20.6 Å². The number of nitrogens with zero attached hydrogens (tertiary/aromatic N) is 2. The Hall–Kier alpha value is -3.28. The van der Waals surface area contributed by atoms with Gasteiger partial charge in [0.05, 0.1) is 6.42 Å². The fraction of sp³-hybridized carbons (Fsp3) is 0.0556. The first-order valence-electron chi connectivity index (χ1n) is 7.45. The molecule has 1 aliphatic rings. The number of benzene rings is 2. The van der Waals surface area contributed by atoms with Crippen LogP contribution in [0.25, 0.3) is 11.1 Å². The lowest BCUT2D eigenvalue weighted by Crippen LogP contribution is -2.03. The SMILES string of the molecule is O=C1Cc2ccc(-c3cnc(Nc4ccc(F)cc4)nc3)cc2N1. The molecule has 2 aromatic carbocycles. The van der Waals surface area contributed by atoms with E-state index in [1.165, 1.54) is 12.1 Å². The maximum absolute atomic E-state index is 12.9. The van der Waals surface area contributed by atoms with Gasteiger partial charge in [-0.15, -0.1) is 0 Å². The lowest BCUT2D eigenvalue weighted by Gasteiger charge is -2.07. The molecule has 0 radical (unpaired) electrons. The number of amides is 1. The second-order valence-electron chi connectivity index (χ2n) is 5.52. The van der Waals surface area contributed by atoms with Crippen LogP contribution >= 0.6 is 0 Å². The van der Waals surface area contributed by atoms with E-state index in [0.29, 0.717) is 18.1 Å². The smallest absolute Gasteiger partial charge is 0.228 e. The Morgan fingerprint density at radius 2 is 1.75 bits per heavy atom. The second-order valence-corrected chi connectivity index (χ2v) is 5.52. The van der Waals surface area contributed by atoms with Crippen molar-refractivity contribution in [2.75, 3.05) is 10.6 Å². The standard InChI is InChI=1S/C18H13FN4O/c19-14-3-5-15(6-4-14)22-18-20-9-13(10-21-18)11-1-2-12-8-17(24)23-16(12)7-11/h1-7,9-10H,8H2,(H,23,24)(H,20,21,22). The number of aromatic nitrogens is 2. The number of hydrogen-bond acceptors (Lipinski definition) is 4. The average Bonchev–Trinajstić information content (AvgIpc) is 2.97. The van der Waals surface area contributed by atoms with Crippen LogP contribution < -0.4 is 10.6 Å². The first kappa shape index (κ1) is 14.3. The molecule has 0 bridgehead atoms. The zero-order valence-corrected chi connectivity index (χ0v) is 12.6. The minimum Gasteiger partial charge on any atom is -0.326 e. The van der Waals surface area contributed by atoms with Gasteiger partial charge in [-0.05, 0) is 41.5 Å². The van der Waals surface area contributed by atoms with Gasteiger partial charge in [0.1, 0.15) is 5.82 Å². The molecule has 1 aliphatic heterocycles. The Labute approximate surface area is 137 Å². The molecule has 6 heteroatoms. The van der Waals surface area contributed by atoms with Crippen LogP contribution in [-0.4, -0.2) is 15.9 Å². The molecule has 0 saturated heterocycles. The number of carbonyl (C=O) groups excluding carboxylic acids is 1. The van der Waals surface area contributed by atoms with Crippen molar-refractivity contribution in [3.8, 4) is 11.1 Å². The molecule has 0 aliphatic carbocycles. The topological polar surface area (TPSA) is 66.9 Å². The lowest BCUT2D eigenvalue weighted by molar-refractivity contribution is -0.115. The molecule has 3 aromatic rings. The van der Waals surface area contributed by atoms with Crippen molar-refractivity contribution in [2.24, 2.45) is 0 Å². The molecule has 1 amide bonds. The fourth-order valence-electron chi connectivity index (χ4n) is 2.60. The number of rotatable bonds is 3. The molecule has 0 spiro atoms. The van der Waals surface area contributed by atoms with E-state index in [1.54, 1.807) is 24.5 Å². The van der Waals surface area contributed by atoms with Gasteiger partial charge in [-0.25, -0.2) is 14.4 Å². The van der Waals surface area contributed by atoms with E-state index in [9.17, 15) is 9.18 Å². The molecular formula is C18H13FN4O. The van der Waals surface area contributed by atoms with Crippen molar-refractivity contribution in [1.82, 2.24) is 9.97 Å². The summed E-state index contributed by atoms with van der Waals surface area (Å²) in [6, 6.07) is 11.8. The molecule has 0 unspecified atom stereocenters. The monoisotopic (exact) mass is 320 g/mol. The molecule has 0 saturated carbocycles. The summed E-state index contributed by atoms with van der Waals surface area (Å²) in [6.45, 7) is 0. The van der Waals surface area contributed by atoms with Crippen LogP contribution in [0.3, 0.4) is 0 Å². The highest BCUT2D eigenvalue weighted by Gasteiger charge is 2.17. The summed E-state index contributed by atoms with van der Waals surface area (Å²) in [7, 11) is 0. The number of fused-ring (bicyclic) bond motifs is 1. The first-order chi connectivity index (χ1) is 11.7.